The second-order valence-corrected chi connectivity index (χ2v) is 5.54. The van der Waals surface area contributed by atoms with Crippen LogP contribution in [0.4, 0.5) is 11.4 Å². The summed E-state index contributed by atoms with van der Waals surface area (Å²) in [7, 11) is 0. The lowest BCUT2D eigenvalue weighted by atomic mass is 10.0. The fourth-order valence-corrected chi connectivity index (χ4v) is 2.24. The highest BCUT2D eigenvalue weighted by Crippen LogP contribution is 2.23. The van der Waals surface area contributed by atoms with Crippen molar-refractivity contribution in [1.82, 2.24) is 0 Å². The second kappa shape index (κ2) is 6.88. The van der Waals surface area contributed by atoms with Gasteiger partial charge < -0.3 is 5.32 Å². The standard InChI is InChI=1S/C17H20N2O2/c1-13(2)11-14-7-9-15(10-8-14)12-18-16-5-3-4-6-17(16)19(20)21/h3-10,13,18H,11-12H2,1-2H3. The van der Waals surface area contributed by atoms with Gasteiger partial charge in [0.2, 0.25) is 0 Å². The summed E-state index contributed by atoms with van der Waals surface area (Å²) in [5, 5.41) is 14.1. The van der Waals surface area contributed by atoms with Crippen molar-refractivity contribution in [2.45, 2.75) is 26.8 Å². The van der Waals surface area contributed by atoms with Crippen molar-refractivity contribution >= 4 is 11.4 Å². The monoisotopic (exact) mass is 284 g/mol. The van der Waals surface area contributed by atoms with Crippen molar-refractivity contribution in [1.29, 1.82) is 0 Å². The molecule has 2 aromatic carbocycles. The molecule has 4 heteroatoms. The van der Waals surface area contributed by atoms with E-state index in [0.717, 1.165) is 12.0 Å². The minimum absolute atomic E-state index is 0.105. The van der Waals surface area contributed by atoms with Gasteiger partial charge in [0, 0.05) is 12.6 Å². The first-order chi connectivity index (χ1) is 10.1. The van der Waals surface area contributed by atoms with E-state index in [4.69, 9.17) is 0 Å². The highest BCUT2D eigenvalue weighted by Gasteiger charge is 2.11. The molecule has 2 aromatic rings. The van der Waals surface area contributed by atoms with Gasteiger partial charge in [-0.05, 0) is 29.5 Å². The molecule has 0 spiro atoms. The number of benzene rings is 2. The van der Waals surface area contributed by atoms with Crippen LogP contribution in [0.5, 0.6) is 0 Å². The van der Waals surface area contributed by atoms with Gasteiger partial charge in [-0.1, -0.05) is 50.2 Å². The molecule has 0 saturated carbocycles. The van der Waals surface area contributed by atoms with E-state index in [1.165, 1.54) is 11.6 Å². The van der Waals surface area contributed by atoms with Gasteiger partial charge in [-0.25, -0.2) is 0 Å². The Morgan fingerprint density at radius 2 is 1.67 bits per heavy atom. The molecule has 0 radical (unpaired) electrons. The van der Waals surface area contributed by atoms with Gasteiger partial charge >= 0.3 is 0 Å². The molecule has 0 aliphatic heterocycles. The zero-order chi connectivity index (χ0) is 15.2. The average Bonchev–Trinajstić information content (AvgIpc) is 2.46. The Hall–Kier alpha value is -2.36. The number of hydrogen-bond acceptors (Lipinski definition) is 3. The van der Waals surface area contributed by atoms with Crippen molar-refractivity contribution in [2.75, 3.05) is 5.32 Å². The van der Waals surface area contributed by atoms with Gasteiger partial charge in [0.15, 0.2) is 0 Å². The maximum Gasteiger partial charge on any atom is 0.292 e. The van der Waals surface area contributed by atoms with Crippen LogP contribution < -0.4 is 5.32 Å². The lowest BCUT2D eigenvalue weighted by Crippen LogP contribution is -2.02. The van der Waals surface area contributed by atoms with E-state index in [1.807, 2.05) is 0 Å². The number of hydrogen-bond donors (Lipinski definition) is 1. The Balaban J connectivity index is 2.02. The zero-order valence-electron chi connectivity index (χ0n) is 12.4. The summed E-state index contributed by atoms with van der Waals surface area (Å²) < 4.78 is 0. The second-order valence-electron chi connectivity index (χ2n) is 5.54. The largest absolute Gasteiger partial charge is 0.375 e. The molecule has 4 nitrogen and oxygen atoms in total. The number of para-hydroxylation sites is 2. The molecule has 1 N–H and O–H groups in total. The van der Waals surface area contributed by atoms with E-state index in [-0.39, 0.29) is 10.6 Å². The fraction of sp³-hybridized carbons (Fsp3) is 0.294. The summed E-state index contributed by atoms with van der Waals surface area (Å²) in [5.41, 5.74) is 3.09. The van der Waals surface area contributed by atoms with Crippen LogP contribution in [0.15, 0.2) is 48.5 Å². The SMILES string of the molecule is CC(C)Cc1ccc(CNc2ccccc2[N+](=O)[O-])cc1. The molecule has 0 atom stereocenters. The Kier molecular flexibility index (Phi) is 4.93. The zero-order valence-corrected chi connectivity index (χ0v) is 12.4. The van der Waals surface area contributed by atoms with E-state index in [2.05, 4.69) is 43.4 Å². The highest BCUT2D eigenvalue weighted by molar-refractivity contribution is 5.61. The third kappa shape index (κ3) is 4.31. The number of nitrogens with zero attached hydrogens (tertiary/aromatic N) is 1. The molecule has 0 bridgehead atoms. The molecule has 0 aromatic heterocycles. The maximum atomic E-state index is 10.9. The molecule has 0 fully saturated rings. The third-order valence-electron chi connectivity index (χ3n) is 3.25. The Morgan fingerprint density at radius 3 is 2.29 bits per heavy atom. The van der Waals surface area contributed by atoms with Crippen molar-refractivity contribution in [2.24, 2.45) is 5.92 Å². The van der Waals surface area contributed by atoms with Crippen LogP contribution in [-0.4, -0.2) is 4.92 Å². The van der Waals surface area contributed by atoms with Crippen LogP contribution in [-0.2, 0) is 13.0 Å². The van der Waals surface area contributed by atoms with E-state index >= 15 is 0 Å². The first-order valence-corrected chi connectivity index (χ1v) is 7.11. The Bertz CT molecular complexity index is 606. The van der Waals surface area contributed by atoms with Gasteiger partial charge in [0.1, 0.15) is 5.69 Å². The predicted molar refractivity (Wildman–Crippen MR) is 85.4 cm³/mol. The third-order valence-corrected chi connectivity index (χ3v) is 3.25. The molecular formula is C17H20N2O2. The topological polar surface area (TPSA) is 55.2 Å². The van der Waals surface area contributed by atoms with Crippen molar-refractivity contribution in [3.63, 3.8) is 0 Å². The summed E-state index contributed by atoms with van der Waals surface area (Å²) in [6, 6.07) is 15.1. The maximum absolute atomic E-state index is 10.9. The summed E-state index contributed by atoms with van der Waals surface area (Å²) in [6.45, 7) is 4.97. The highest BCUT2D eigenvalue weighted by atomic mass is 16.6. The van der Waals surface area contributed by atoms with Crippen LogP contribution >= 0.6 is 0 Å². The molecule has 0 saturated heterocycles. The molecule has 0 heterocycles. The summed E-state index contributed by atoms with van der Waals surface area (Å²) in [5.74, 6) is 0.640. The van der Waals surface area contributed by atoms with Crippen LogP contribution in [0.2, 0.25) is 0 Å². The summed E-state index contributed by atoms with van der Waals surface area (Å²) in [4.78, 5) is 10.6. The Labute approximate surface area is 125 Å². The number of nitrogens with one attached hydrogen (secondary N) is 1. The number of nitro groups is 1. The predicted octanol–water partition coefficient (Wildman–Crippen LogP) is 4.41. The van der Waals surface area contributed by atoms with Crippen molar-refractivity contribution in [3.8, 4) is 0 Å². The van der Waals surface area contributed by atoms with Crippen LogP contribution in [0.25, 0.3) is 0 Å². The van der Waals surface area contributed by atoms with Crippen molar-refractivity contribution < 1.29 is 4.92 Å². The van der Waals surface area contributed by atoms with Gasteiger partial charge in [-0.2, -0.15) is 0 Å². The molecule has 0 aliphatic rings. The van der Waals surface area contributed by atoms with E-state index < -0.39 is 0 Å². The van der Waals surface area contributed by atoms with Gasteiger partial charge in [0.25, 0.3) is 5.69 Å². The molecular weight excluding hydrogens is 264 g/mol. The minimum atomic E-state index is -0.367. The van der Waals surface area contributed by atoms with Gasteiger partial charge in [-0.15, -0.1) is 0 Å². The molecule has 110 valence electrons. The molecule has 21 heavy (non-hydrogen) atoms. The van der Waals surface area contributed by atoms with E-state index in [1.54, 1.807) is 18.2 Å². The smallest absolute Gasteiger partial charge is 0.292 e. The van der Waals surface area contributed by atoms with Crippen LogP contribution in [0, 0.1) is 16.0 Å². The minimum Gasteiger partial charge on any atom is -0.375 e. The molecule has 0 aliphatic carbocycles. The summed E-state index contributed by atoms with van der Waals surface area (Å²) in [6.07, 6.45) is 1.07. The van der Waals surface area contributed by atoms with Gasteiger partial charge in [0.05, 0.1) is 4.92 Å². The first kappa shape index (κ1) is 15.0. The number of nitro benzene ring substituents is 1. The fourth-order valence-electron chi connectivity index (χ4n) is 2.24. The number of rotatable bonds is 6. The Morgan fingerprint density at radius 1 is 1.05 bits per heavy atom. The molecule has 2 rings (SSSR count). The number of anilines is 1. The normalized spacial score (nSPS) is 10.6. The molecule has 0 unspecified atom stereocenters. The van der Waals surface area contributed by atoms with Crippen LogP contribution in [0.1, 0.15) is 25.0 Å². The van der Waals surface area contributed by atoms with E-state index in [0.29, 0.717) is 18.2 Å². The molecule has 0 amide bonds. The average molecular weight is 284 g/mol. The van der Waals surface area contributed by atoms with E-state index in [9.17, 15) is 10.1 Å². The quantitative estimate of drug-likeness (QED) is 0.631. The van der Waals surface area contributed by atoms with Gasteiger partial charge in [-0.3, -0.25) is 10.1 Å². The summed E-state index contributed by atoms with van der Waals surface area (Å²) >= 11 is 0. The van der Waals surface area contributed by atoms with Crippen LogP contribution in [0.3, 0.4) is 0 Å². The lowest BCUT2D eigenvalue weighted by Gasteiger charge is -2.09. The lowest BCUT2D eigenvalue weighted by molar-refractivity contribution is -0.384. The first-order valence-electron chi connectivity index (χ1n) is 7.11. The van der Waals surface area contributed by atoms with Crippen molar-refractivity contribution in [3.05, 3.63) is 69.8 Å².